The largest absolute Gasteiger partial charge is 0.383 e. The molecule has 2 nitrogen and oxygen atoms in total. The van der Waals surface area contributed by atoms with Crippen molar-refractivity contribution in [2.24, 2.45) is 0 Å². The molecule has 0 aliphatic heterocycles. The lowest BCUT2D eigenvalue weighted by atomic mass is 10.1. The molecule has 0 atom stereocenters. The molecule has 0 saturated carbocycles. The molecule has 0 fully saturated rings. The van der Waals surface area contributed by atoms with Crippen molar-refractivity contribution in [3.63, 3.8) is 0 Å². The fourth-order valence-electron chi connectivity index (χ4n) is 1.85. The van der Waals surface area contributed by atoms with Crippen molar-refractivity contribution >= 4 is 29.0 Å². The molecule has 1 aliphatic carbocycles. The Bertz CT molecular complexity index is 492. The van der Waals surface area contributed by atoms with Crippen LogP contribution in [0.2, 0.25) is 10.0 Å². The second-order valence-corrected chi connectivity index (χ2v) is 4.88. The molecule has 0 aromatic heterocycles. The van der Waals surface area contributed by atoms with Crippen molar-refractivity contribution in [2.75, 3.05) is 14.1 Å². The SMILES string of the molecule is CN(C)C=C1Cc2c(Cl)cc(Cl)cc2C1=O. The number of nitrogens with zero attached hydrogens (tertiary/aromatic N) is 1. The predicted molar refractivity (Wildman–Crippen MR) is 66.3 cm³/mol. The van der Waals surface area contributed by atoms with Crippen LogP contribution in [0.1, 0.15) is 15.9 Å². The smallest absolute Gasteiger partial charge is 0.191 e. The molecular formula is C12H11Cl2NO. The van der Waals surface area contributed by atoms with Crippen LogP contribution < -0.4 is 0 Å². The maximum absolute atomic E-state index is 12.0. The number of halogens is 2. The van der Waals surface area contributed by atoms with E-state index in [2.05, 4.69) is 0 Å². The molecule has 0 unspecified atom stereocenters. The van der Waals surface area contributed by atoms with Gasteiger partial charge in [0.25, 0.3) is 0 Å². The fraction of sp³-hybridized carbons (Fsp3) is 0.250. The second-order valence-electron chi connectivity index (χ2n) is 4.04. The van der Waals surface area contributed by atoms with Gasteiger partial charge in [-0.25, -0.2) is 0 Å². The molecule has 0 N–H and O–H groups in total. The molecule has 0 amide bonds. The van der Waals surface area contributed by atoms with Crippen molar-refractivity contribution in [3.05, 3.63) is 45.1 Å². The molecule has 1 aromatic carbocycles. The minimum atomic E-state index is 0.0214. The zero-order valence-corrected chi connectivity index (χ0v) is 10.6. The van der Waals surface area contributed by atoms with Crippen molar-refractivity contribution < 1.29 is 4.79 Å². The Morgan fingerprint density at radius 3 is 2.62 bits per heavy atom. The number of hydrogen-bond donors (Lipinski definition) is 0. The van der Waals surface area contributed by atoms with Gasteiger partial charge in [0.05, 0.1) is 0 Å². The Labute approximate surface area is 104 Å². The van der Waals surface area contributed by atoms with E-state index < -0.39 is 0 Å². The lowest BCUT2D eigenvalue weighted by Gasteiger charge is -2.05. The summed E-state index contributed by atoms with van der Waals surface area (Å²) in [7, 11) is 3.77. The Morgan fingerprint density at radius 1 is 1.31 bits per heavy atom. The number of rotatable bonds is 1. The first kappa shape index (κ1) is 11.5. The van der Waals surface area contributed by atoms with Crippen LogP contribution in [0.15, 0.2) is 23.9 Å². The highest BCUT2D eigenvalue weighted by molar-refractivity contribution is 6.36. The molecule has 4 heteroatoms. The van der Waals surface area contributed by atoms with Gasteiger partial charge in [-0.1, -0.05) is 23.2 Å². The summed E-state index contributed by atoms with van der Waals surface area (Å²) in [5, 5.41) is 1.07. The van der Waals surface area contributed by atoms with E-state index in [-0.39, 0.29) is 5.78 Å². The molecule has 0 heterocycles. The average Bonchev–Trinajstić information content (AvgIpc) is 2.45. The van der Waals surface area contributed by atoms with E-state index in [0.29, 0.717) is 22.0 Å². The molecular weight excluding hydrogens is 245 g/mol. The van der Waals surface area contributed by atoms with E-state index in [1.807, 2.05) is 25.2 Å². The molecule has 0 bridgehead atoms. The number of carbonyl (C=O) groups excluding carboxylic acids is 1. The Kier molecular flexibility index (Phi) is 2.96. The van der Waals surface area contributed by atoms with Gasteiger partial charge in [-0.15, -0.1) is 0 Å². The summed E-state index contributed by atoms with van der Waals surface area (Å²) < 4.78 is 0. The van der Waals surface area contributed by atoms with Crippen LogP contribution in [0, 0.1) is 0 Å². The number of hydrogen-bond acceptors (Lipinski definition) is 2. The monoisotopic (exact) mass is 255 g/mol. The highest BCUT2D eigenvalue weighted by atomic mass is 35.5. The molecule has 2 rings (SSSR count). The first-order valence-corrected chi connectivity index (χ1v) is 5.64. The van der Waals surface area contributed by atoms with Crippen molar-refractivity contribution in [2.45, 2.75) is 6.42 Å². The van der Waals surface area contributed by atoms with Gasteiger partial charge in [0.1, 0.15) is 0 Å². The van der Waals surface area contributed by atoms with E-state index in [0.717, 1.165) is 11.1 Å². The number of ketones is 1. The Balaban J connectivity index is 2.50. The molecule has 1 aliphatic rings. The third kappa shape index (κ3) is 1.95. The van der Waals surface area contributed by atoms with Gasteiger partial charge in [0.2, 0.25) is 0 Å². The molecule has 16 heavy (non-hydrogen) atoms. The van der Waals surface area contributed by atoms with Gasteiger partial charge in [-0.3, -0.25) is 4.79 Å². The van der Waals surface area contributed by atoms with Gasteiger partial charge in [-0.2, -0.15) is 0 Å². The maximum Gasteiger partial charge on any atom is 0.191 e. The number of fused-ring (bicyclic) bond motifs is 1. The molecule has 84 valence electrons. The number of benzene rings is 1. The molecule has 1 aromatic rings. The van der Waals surface area contributed by atoms with Gasteiger partial charge in [-0.05, 0) is 17.7 Å². The van der Waals surface area contributed by atoms with E-state index in [4.69, 9.17) is 23.2 Å². The topological polar surface area (TPSA) is 20.3 Å². The summed E-state index contributed by atoms with van der Waals surface area (Å²) >= 11 is 11.9. The van der Waals surface area contributed by atoms with Crippen LogP contribution in [-0.4, -0.2) is 24.8 Å². The number of allylic oxidation sites excluding steroid dienone is 1. The van der Waals surface area contributed by atoms with Crippen molar-refractivity contribution in [3.8, 4) is 0 Å². The first-order valence-electron chi connectivity index (χ1n) is 4.89. The standard InChI is InChI=1S/C12H11Cl2NO/c1-15(2)6-7-3-9-10(12(7)16)4-8(13)5-11(9)14/h4-6H,3H2,1-2H3. The minimum Gasteiger partial charge on any atom is -0.383 e. The third-order valence-corrected chi connectivity index (χ3v) is 3.03. The van der Waals surface area contributed by atoms with Gasteiger partial charge in [0.15, 0.2) is 5.78 Å². The summed E-state index contributed by atoms with van der Waals surface area (Å²) in [5.74, 6) is 0.0214. The van der Waals surface area contributed by atoms with Crippen molar-refractivity contribution in [1.82, 2.24) is 4.90 Å². The van der Waals surface area contributed by atoms with E-state index >= 15 is 0 Å². The van der Waals surface area contributed by atoms with Crippen LogP contribution in [0.5, 0.6) is 0 Å². The molecule has 0 saturated heterocycles. The Hall–Kier alpha value is -0.990. The Morgan fingerprint density at radius 2 is 2.00 bits per heavy atom. The van der Waals surface area contributed by atoms with Gasteiger partial charge in [0, 0.05) is 47.9 Å². The normalized spacial score (nSPS) is 16.8. The lowest BCUT2D eigenvalue weighted by molar-refractivity contribution is 0.103. The van der Waals surface area contributed by atoms with Gasteiger partial charge < -0.3 is 4.90 Å². The zero-order chi connectivity index (χ0) is 11.9. The lowest BCUT2D eigenvalue weighted by Crippen LogP contribution is -2.06. The maximum atomic E-state index is 12.0. The highest BCUT2D eigenvalue weighted by Gasteiger charge is 2.27. The number of Topliss-reactive ketones (excluding diaryl/α,β-unsaturated/α-hetero) is 1. The summed E-state index contributed by atoms with van der Waals surface area (Å²) in [6.45, 7) is 0. The third-order valence-electron chi connectivity index (χ3n) is 2.48. The molecule has 0 spiro atoms. The summed E-state index contributed by atoms with van der Waals surface area (Å²) in [5.41, 5.74) is 2.26. The van der Waals surface area contributed by atoms with Crippen LogP contribution in [0.25, 0.3) is 0 Å². The van der Waals surface area contributed by atoms with Crippen molar-refractivity contribution in [1.29, 1.82) is 0 Å². The van der Waals surface area contributed by atoms with E-state index in [1.54, 1.807) is 12.1 Å². The number of carbonyl (C=O) groups is 1. The van der Waals surface area contributed by atoms with E-state index in [9.17, 15) is 4.79 Å². The van der Waals surface area contributed by atoms with Crippen LogP contribution in [-0.2, 0) is 6.42 Å². The molecule has 0 radical (unpaired) electrons. The quantitative estimate of drug-likeness (QED) is 0.719. The van der Waals surface area contributed by atoms with Crippen LogP contribution in [0.4, 0.5) is 0 Å². The van der Waals surface area contributed by atoms with Crippen LogP contribution in [0.3, 0.4) is 0 Å². The van der Waals surface area contributed by atoms with E-state index in [1.165, 1.54) is 0 Å². The predicted octanol–water partition coefficient (Wildman–Crippen LogP) is 3.18. The average molecular weight is 256 g/mol. The zero-order valence-electron chi connectivity index (χ0n) is 9.05. The van der Waals surface area contributed by atoms with Gasteiger partial charge >= 0.3 is 0 Å². The summed E-state index contributed by atoms with van der Waals surface area (Å²) in [6, 6.07) is 3.36. The first-order chi connectivity index (χ1) is 7.49. The summed E-state index contributed by atoms with van der Waals surface area (Å²) in [6.07, 6.45) is 2.41. The minimum absolute atomic E-state index is 0.0214. The second kappa shape index (κ2) is 4.11. The highest BCUT2D eigenvalue weighted by Crippen LogP contribution is 2.34. The fourth-order valence-corrected chi connectivity index (χ4v) is 2.41. The summed E-state index contributed by atoms with van der Waals surface area (Å²) in [4.78, 5) is 13.9. The van der Waals surface area contributed by atoms with Crippen LogP contribution >= 0.6 is 23.2 Å².